The van der Waals surface area contributed by atoms with Gasteiger partial charge in [-0.25, -0.2) is 0 Å². The minimum absolute atomic E-state index is 0.190. The van der Waals surface area contributed by atoms with Crippen molar-refractivity contribution in [2.75, 3.05) is 18.6 Å². The number of hydrogen-bond donors (Lipinski definition) is 2. The third-order valence-electron chi connectivity index (χ3n) is 2.26. The standard InChI is InChI=1S/C12H16ClNO2S/c1-17-7-6-11(15)8-14-12(16)9-2-4-10(13)5-3-9/h2-5,11,15H,6-8H2,1H3,(H,14,16). The number of aliphatic hydroxyl groups is 1. The van der Waals surface area contributed by atoms with Crippen molar-refractivity contribution < 1.29 is 9.90 Å². The fourth-order valence-electron chi connectivity index (χ4n) is 1.27. The number of benzene rings is 1. The number of nitrogens with one attached hydrogen (secondary N) is 1. The Kier molecular flexibility index (Phi) is 6.40. The quantitative estimate of drug-likeness (QED) is 0.835. The monoisotopic (exact) mass is 273 g/mol. The van der Waals surface area contributed by atoms with E-state index in [4.69, 9.17) is 11.6 Å². The Bertz CT molecular complexity index is 356. The Balaban J connectivity index is 2.36. The number of halogens is 1. The van der Waals surface area contributed by atoms with E-state index in [9.17, 15) is 9.90 Å². The van der Waals surface area contributed by atoms with Crippen LogP contribution in [0.5, 0.6) is 0 Å². The molecule has 1 amide bonds. The largest absolute Gasteiger partial charge is 0.391 e. The number of carbonyl (C=O) groups is 1. The number of carbonyl (C=O) groups excluding carboxylic acids is 1. The van der Waals surface area contributed by atoms with Crippen LogP contribution in [0.3, 0.4) is 0 Å². The first-order valence-electron chi connectivity index (χ1n) is 5.34. The Morgan fingerprint density at radius 1 is 1.47 bits per heavy atom. The van der Waals surface area contributed by atoms with Gasteiger partial charge in [-0.1, -0.05) is 11.6 Å². The first kappa shape index (κ1) is 14.4. The zero-order chi connectivity index (χ0) is 12.7. The molecular formula is C12H16ClNO2S. The van der Waals surface area contributed by atoms with Crippen LogP contribution in [0.2, 0.25) is 5.02 Å². The molecule has 1 rings (SSSR count). The van der Waals surface area contributed by atoms with Crippen molar-refractivity contribution in [3.63, 3.8) is 0 Å². The summed E-state index contributed by atoms with van der Waals surface area (Å²) < 4.78 is 0. The molecule has 1 unspecified atom stereocenters. The Hall–Kier alpha value is -0.710. The zero-order valence-electron chi connectivity index (χ0n) is 9.65. The van der Waals surface area contributed by atoms with Crippen LogP contribution in [0.4, 0.5) is 0 Å². The third-order valence-corrected chi connectivity index (χ3v) is 3.16. The molecule has 0 spiro atoms. The summed E-state index contributed by atoms with van der Waals surface area (Å²) in [5.41, 5.74) is 0.548. The molecule has 1 aromatic rings. The number of rotatable bonds is 6. The molecule has 94 valence electrons. The summed E-state index contributed by atoms with van der Waals surface area (Å²) >= 11 is 7.40. The van der Waals surface area contributed by atoms with Crippen molar-refractivity contribution >= 4 is 29.3 Å². The van der Waals surface area contributed by atoms with Crippen LogP contribution in [-0.2, 0) is 0 Å². The maximum atomic E-state index is 11.7. The fraction of sp³-hybridized carbons (Fsp3) is 0.417. The normalized spacial score (nSPS) is 12.2. The van der Waals surface area contributed by atoms with Gasteiger partial charge in [0.05, 0.1) is 6.10 Å². The second kappa shape index (κ2) is 7.58. The Labute approximate surface area is 111 Å². The first-order chi connectivity index (χ1) is 8.13. The van der Waals surface area contributed by atoms with E-state index in [-0.39, 0.29) is 12.5 Å². The topological polar surface area (TPSA) is 49.3 Å². The minimum Gasteiger partial charge on any atom is -0.391 e. The van der Waals surface area contributed by atoms with Crippen molar-refractivity contribution in [2.45, 2.75) is 12.5 Å². The molecule has 0 saturated heterocycles. The lowest BCUT2D eigenvalue weighted by Crippen LogP contribution is -2.32. The summed E-state index contributed by atoms with van der Waals surface area (Å²) in [6, 6.07) is 6.65. The van der Waals surface area contributed by atoms with Crippen LogP contribution in [0.25, 0.3) is 0 Å². The maximum absolute atomic E-state index is 11.7. The van der Waals surface area contributed by atoms with Gasteiger partial charge in [0.2, 0.25) is 0 Å². The lowest BCUT2D eigenvalue weighted by atomic mass is 10.2. The number of amides is 1. The predicted octanol–water partition coefficient (Wildman–Crippen LogP) is 2.18. The number of aliphatic hydroxyl groups excluding tert-OH is 1. The summed E-state index contributed by atoms with van der Waals surface area (Å²) in [5.74, 6) is 0.697. The van der Waals surface area contributed by atoms with E-state index in [1.165, 1.54) is 0 Å². The molecule has 2 N–H and O–H groups in total. The van der Waals surface area contributed by atoms with Crippen LogP contribution < -0.4 is 5.32 Å². The van der Waals surface area contributed by atoms with Gasteiger partial charge >= 0.3 is 0 Å². The Morgan fingerprint density at radius 2 is 2.12 bits per heavy atom. The minimum atomic E-state index is -0.487. The van der Waals surface area contributed by atoms with Gasteiger partial charge in [0.15, 0.2) is 0 Å². The van der Waals surface area contributed by atoms with E-state index >= 15 is 0 Å². The van der Waals surface area contributed by atoms with Gasteiger partial charge in [0, 0.05) is 17.1 Å². The average molecular weight is 274 g/mol. The van der Waals surface area contributed by atoms with Gasteiger partial charge in [0.25, 0.3) is 5.91 Å². The Morgan fingerprint density at radius 3 is 2.71 bits per heavy atom. The van der Waals surface area contributed by atoms with Crippen molar-refractivity contribution in [1.29, 1.82) is 0 Å². The summed E-state index contributed by atoms with van der Waals surface area (Å²) in [4.78, 5) is 11.7. The molecule has 0 aromatic heterocycles. The average Bonchev–Trinajstić information content (AvgIpc) is 2.34. The second-order valence-electron chi connectivity index (χ2n) is 3.65. The SMILES string of the molecule is CSCCC(O)CNC(=O)c1ccc(Cl)cc1. The third kappa shape index (κ3) is 5.44. The molecule has 17 heavy (non-hydrogen) atoms. The van der Waals surface area contributed by atoms with Gasteiger partial charge in [-0.15, -0.1) is 0 Å². The van der Waals surface area contributed by atoms with E-state index in [1.807, 2.05) is 6.26 Å². The van der Waals surface area contributed by atoms with Crippen molar-refractivity contribution in [1.82, 2.24) is 5.32 Å². The van der Waals surface area contributed by atoms with E-state index in [0.717, 1.165) is 5.75 Å². The highest BCUT2D eigenvalue weighted by molar-refractivity contribution is 7.98. The van der Waals surface area contributed by atoms with Crippen molar-refractivity contribution in [3.05, 3.63) is 34.9 Å². The molecular weight excluding hydrogens is 258 g/mol. The van der Waals surface area contributed by atoms with E-state index in [1.54, 1.807) is 36.0 Å². The predicted molar refractivity (Wildman–Crippen MR) is 72.8 cm³/mol. The molecule has 1 atom stereocenters. The number of hydrogen-bond acceptors (Lipinski definition) is 3. The fourth-order valence-corrected chi connectivity index (χ4v) is 1.90. The molecule has 1 aromatic carbocycles. The molecule has 5 heteroatoms. The molecule has 0 aliphatic rings. The highest BCUT2D eigenvalue weighted by Crippen LogP contribution is 2.09. The molecule has 0 aliphatic heterocycles. The van der Waals surface area contributed by atoms with Crippen LogP contribution in [-0.4, -0.2) is 35.7 Å². The van der Waals surface area contributed by atoms with E-state index in [0.29, 0.717) is 17.0 Å². The summed E-state index contributed by atoms with van der Waals surface area (Å²) in [6.07, 6.45) is 2.18. The molecule has 0 radical (unpaired) electrons. The molecule has 3 nitrogen and oxygen atoms in total. The summed E-state index contributed by atoms with van der Waals surface area (Å²) in [7, 11) is 0. The highest BCUT2D eigenvalue weighted by Gasteiger charge is 2.08. The van der Waals surface area contributed by atoms with Crippen LogP contribution in [0.15, 0.2) is 24.3 Å². The smallest absolute Gasteiger partial charge is 0.251 e. The lowest BCUT2D eigenvalue weighted by molar-refractivity contribution is 0.0914. The van der Waals surface area contributed by atoms with Crippen LogP contribution >= 0.6 is 23.4 Å². The number of thioether (sulfide) groups is 1. The van der Waals surface area contributed by atoms with Gasteiger partial charge in [-0.2, -0.15) is 11.8 Å². The van der Waals surface area contributed by atoms with Crippen LogP contribution in [0, 0.1) is 0 Å². The summed E-state index contributed by atoms with van der Waals surface area (Å²) in [6.45, 7) is 0.280. The van der Waals surface area contributed by atoms with Gasteiger partial charge in [-0.3, -0.25) is 4.79 Å². The first-order valence-corrected chi connectivity index (χ1v) is 7.11. The molecule has 0 aliphatic carbocycles. The highest BCUT2D eigenvalue weighted by atomic mass is 35.5. The van der Waals surface area contributed by atoms with Gasteiger partial charge in [-0.05, 0) is 42.7 Å². The second-order valence-corrected chi connectivity index (χ2v) is 5.07. The molecule has 0 saturated carbocycles. The zero-order valence-corrected chi connectivity index (χ0v) is 11.2. The maximum Gasteiger partial charge on any atom is 0.251 e. The molecule has 0 bridgehead atoms. The van der Waals surface area contributed by atoms with Gasteiger partial charge in [0.1, 0.15) is 0 Å². The molecule has 0 heterocycles. The lowest BCUT2D eigenvalue weighted by Gasteiger charge is -2.11. The van der Waals surface area contributed by atoms with Gasteiger partial charge < -0.3 is 10.4 Å². The van der Waals surface area contributed by atoms with Crippen LogP contribution in [0.1, 0.15) is 16.8 Å². The van der Waals surface area contributed by atoms with Crippen molar-refractivity contribution in [2.24, 2.45) is 0 Å². The summed E-state index contributed by atoms with van der Waals surface area (Å²) in [5, 5.41) is 12.9. The van der Waals surface area contributed by atoms with E-state index < -0.39 is 6.10 Å². The van der Waals surface area contributed by atoms with E-state index in [2.05, 4.69) is 5.32 Å². The molecule has 0 fully saturated rings. The van der Waals surface area contributed by atoms with Crippen molar-refractivity contribution in [3.8, 4) is 0 Å².